The first-order valence-corrected chi connectivity index (χ1v) is 8.56. The molecule has 0 aliphatic carbocycles. The molecule has 146 valence electrons. The number of halogens is 2. The van der Waals surface area contributed by atoms with Crippen LogP contribution in [0.1, 0.15) is 13.3 Å². The van der Waals surface area contributed by atoms with Gasteiger partial charge in [0, 0.05) is 61.4 Å². The van der Waals surface area contributed by atoms with E-state index in [4.69, 9.17) is 10.5 Å². The Hall–Kier alpha value is -1.31. The van der Waals surface area contributed by atoms with E-state index in [0.717, 1.165) is 50.5 Å². The van der Waals surface area contributed by atoms with E-state index in [9.17, 15) is 4.79 Å². The van der Waals surface area contributed by atoms with Crippen LogP contribution in [-0.4, -0.2) is 54.3 Å². The number of aromatic nitrogens is 1. The highest BCUT2D eigenvalue weighted by Crippen LogP contribution is 2.21. The van der Waals surface area contributed by atoms with Crippen LogP contribution in [-0.2, 0) is 16.1 Å². The Bertz CT molecular complexity index is 700. The summed E-state index contributed by atoms with van der Waals surface area (Å²) in [7, 11) is 0. The molecule has 0 saturated carbocycles. The van der Waals surface area contributed by atoms with Crippen LogP contribution in [0, 0.1) is 0 Å². The Morgan fingerprint density at radius 3 is 2.65 bits per heavy atom. The number of fused-ring (bicyclic) bond motifs is 1. The molecular formula is C18H28Cl2N4O2. The van der Waals surface area contributed by atoms with Crippen LogP contribution >= 0.6 is 24.8 Å². The third kappa shape index (κ3) is 6.14. The zero-order chi connectivity index (χ0) is 16.9. The van der Waals surface area contributed by atoms with E-state index in [-0.39, 0.29) is 36.8 Å². The summed E-state index contributed by atoms with van der Waals surface area (Å²) in [6.45, 7) is 7.49. The van der Waals surface area contributed by atoms with Gasteiger partial charge in [0.2, 0.25) is 5.91 Å². The van der Waals surface area contributed by atoms with Crippen LogP contribution in [0.5, 0.6) is 0 Å². The summed E-state index contributed by atoms with van der Waals surface area (Å²) < 4.78 is 7.65. The lowest BCUT2D eigenvalue weighted by Gasteiger charge is -2.26. The number of ether oxygens (including phenoxy) is 1. The molecule has 1 unspecified atom stereocenters. The quantitative estimate of drug-likeness (QED) is 0.778. The molecule has 1 amide bonds. The Morgan fingerprint density at radius 2 is 1.96 bits per heavy atom. The summed E-state index contributed by atoms with van der Waals surface area (Å²) >= 11 is 0. The van der Waals surface area contributed by atoms with Crippen LogP contribution in [0.15, 0.2) is 30.5 Å². The van der Waals surface area contributed by atoms with Crippen molar-refractivity contribution in [3.63, 3.8) is 0 Å². The predicted molar refractivity (Wildman–Crippen MR) is 111 cm³/mol. The number of anilines is 1. The third-order valence-electron chi connectivity index (χ3n) is 4.32. The third-order valence-corrected chi connectivity index (χ3v) is 4.32. The number of nitrogens with zero attached hydrogens (tertiary/aromatic N) is 2. The first-order valence-electron chi connectivity index (χ1n) is 8.56. The van der Waals surface area contributed by atoms with Gasteiger partial charge in [0.15, 0.2) is 0 Å². The number of amides is 1. The standard InChI is InChI=1S/C18H26N4O2.2ClH/c1-14(19)12-18(23)20-16-2-3-17-15(13-16)4-5-22(17)7-6-21-8-10-24-11-9-21;;/h2-5,13-14H,6-12,19H2,1H3,(H,20,23);2*1H. The van der Waals surface area contributed by atoms with Crippen molar-refractivity contribution >= 4 is 47.3 Å². The average molecular weight is 403 g/mol. The number of carbonyl (C=O) groups excluding carboxylic acids is 1. The first-order chi connectivity index (χ1) is 11.6. The molecule has 8 heteroatoms. The van der Waals surface area contributed by atoms with Crippen LogP contribution in [0.25, 0.3) is 10.9 Å². The maximum Gasteiger partial charge on any atom is 0.225 e. The fourth-order valence-electron chi connectivity index (χ4n) is 3.05. The molecule has 0 bridgehead atoms. The Balaban J connectivity index is 0.00000169. The Morgan fingerprint density at radius 1 is 1.23 bits per heavy atom. The van der Waals surface area contributed by atoms with Gasteiger partial charge in [0.25, 0.3) is 0 Å². The second-order valence-corrected chi connectivity index (χ2v) is 6.47. The van der Waals surface area contributed by atoms with Crippen molar-refractivity contribution in [1.82, 2.24) is 9.47 Å². The number of carbonyl (C=O) groups is 1. The smallest absolute Gasteiger partial charge is 0.225 e. The SMILES string of the molecule is CC(N)CC(=O)Nc1ccc2c(ccn2CCN2CCOCC2)c1.Cl.Cl. The highest BCUT2D eigenvalue weighted by Gasteiger charge is 2.11. The number of rotatable bonds is 6. The van der Waals surface area contributed by atoms with Crippen LogP contribution < -0.4 is 11.1 Å². The molecular weight excluding hydrogens is 375 g/mol. The summed E-state index contributed by atoms with van der Waals surface area (Å²) in [6.07, 6.45) is 2.44. The van der Waals surface area contributed by atoms with Crippen molar-refractivity contribution < 1.29 is 9.53 Å². The fourth-order valence-corrected chi connectivity index (χ4v) is 3.05. The minimum atomic E-state index is -0.130. The molecule has 1 fully saturated rings. The predicted octanol–water partition coefficient (Wildman–Crippen LogP) is 2.49. The van der Waals surface area contributed by atoms with Crippen molar-refractivity contribution in [3.8, 4) is 0 Å². The first kappa shape index (κ1) is 22.7. The molecule has 2 heterocycles. The summed E-state index contributed by atoms with van der Waals surface area (Å²) in [5.41, 5.74) is 7.67. The number of hydrogen-bond donors (Lipinski definition) is 2. The Kier molecular flexibility index (Phi) is 9.39. The minimum absolute atomic E-state index is 0. The molecule has 1 atom stereocenters. The number of nitrogens with two attached hydrogens (primary N) is 1. The lowest BCUT2D eigenvalue weighted by Crippen LogP contribution is -2.38. The van der Waals surface area contributed by atoms with E-state index in [1.807, 2.05) is 19.1 Å². The van der Waals surface area contributed by atoms with E-state index in [1.54, 1.807) is 0 Å². The molecule has 3 rings (SSSR count). The van der Waals surface area contributed by atoms with E-state index in [0.29, 0.717) is 6.42 Å². The van der Waals surface area contributed by atoms with Crippen molar-refractivity contribution in [2.75, 3.05) is 38.2 Å². The van der Waals surface area contributed by atoms with Gasteiger partial charge in [-0.05, 0) is 31.2 Å². The monoisotopic (exact) mass is 402 g/mol. The van der Waals surface area contributed by atoms with Crippen molar-refractivity contribution in [3.05, 3.63) is 30.5 Å². The van der Waals surface area contributed by atoms with Gasteiger partial charge in [-0.25, -0.2) is 0 Å². The number of nitrogens with one attached hydrogen (secondary N) is 1. The second kappa shape index (κ2) is 10.7. The molecule has 3 N–H and O–H groups in total. The number of hydrogen-bond acceptors (Lipinski definition) is 4. The molecule has 26 heavy (non-hydrogen) atoms. The topological polar surface area (TPSA) is 72.5 Å². The summed E-state index contributed by atoms with van der Waals surface area (Å²) in [4.78, 5) is 14.3. The molecule has 1 saturated heterocycles. The number of benzene rings is 1. The summed E-state index contributed by atoms with van der Waals surface area (Å²) in [6, 6.07) is 7.99. The lowest BCUT2D eigenvalue weighted by molar-refractivity contribution is -0.116. The summed E-state index contributed by atoms with van der Waals surface area (Å²) in [5.74, 6) is -0.0453. The molecule has 1 aromatic carbocycles. The highest BCUT2D eigenvalue weighted by molar-refractivity contribution is 5.94. The van der Waals surface area contributed by atoms with Gasteiger partial charge >= 0.3 is 0 Å². The second-order valence-electron chi connectivity index (χ2n) is 6.47. The lowest BCUT2D eigenvalue weighted by atomic mass is 10.2. The maximum atomic E-state index is 11.8. The summed E-state index contributed by atoms with van der Waals surface area (Å²) in [5, 5.41) is 4.04. The van der Waals surface area contributed by atoms with Gasteiger partial charge < -0.3 is 20.4 Å². The fraction of sp³-hybridized carbons (Fsp3) is 0.500. The van der Waals surface area contributed by atoms with Gasteiger partial charge in [-0.1, -0.05) is 0 Å². The van der Waals surface area contributed by atoms with Gasteiger partial charge in [0.1, 0.15) is 0 Å². The molecule has 2 aromatic rings. The molecule has 0 spiro atoms. The van der Waals surface area contributed by atoms with Crippen LogP contribution in [0.4, 0.5) is 5.69 Å². The molecule has 1 aliphatic heterocycles. The normalized spacial score (nSPS) is 15.8. The van der Waals surface area contributed by atoms with E-state index < -0.39 is 0 Å². The van der Waals surface area contributed by atoms with Crippen LogP contribution in [0.2, 0.25) is 0 Å². The van der Waals surface area contributed by atoms with Gasteiger partial charge in [0.05, 0.1) is 13.2 Å². The minimum Gasteiger partial charge on any atom is -0.379 e. The van der Waals surface area contributed by atoms with Gasteiger partial charge in [-0.2, -0.15) is 0 Å². The van der Waals surface area contributed by atoms with Crippen molar-refractivity contribution in [1.29, 1.82) is 0 Å². The maximum absolute atomic E-state index is 11.8. The average Bonchev–Trinajstić information content (AvgIpc) is 2.95. The molecule has 6 nitrogen and oxygen atoms in total. The Labute approximate surface area is 166 Å². The van der Waals surface area contributed by atoms with Crippen molar-refractivity contribution in [2.45, 2.75) is 25.9 Å². The van der Waals surface area contributed by atoms with E-state index >= 15 is 0 Å². The van der Waals surface area contributed by atoms with E-state index in [1.165, 1.54) is 5.52 Å². The zero-order valence-electron chi connectivity index (χ0n) is 15.0. The number of morpholine rings is 1. The van der Waals surface area contributed by atoms with Gasteiger partial charge in [-0.15, -0.1) is 24.8 Å². The molecule has 1 aromatic heterocycles. The van der Waals surface area contributed by atoms with Crippen molar-refractivity contribution in [2.24, 2.45) is 5.73 Å². The molecule has 0 radical (unpaired) electrons. The zero-order valence-corrected chi connectivity index (χ0v) is 16.7. The van der Waals surface area contributed by atoms with E-state index in [2.05, 4.69) is 33.1 Å². The largest absolute Gasteiger partial charge is 0.379 e. The van der Waals surface area contributed by atoms with Gasteiger partial charge in [-0.3, -0.25) is 9.69 Å². The van der Waals surface area contributed by atoms with Crippen LogP contribution in [0.3, 0.4) is 0 Å². The highest BCUT2D eigenvalue weighted by atomic mass is 35.5. The molecule has 1 aliphatic rings.